The lowest BCUT2D eigenvalue weighted by molar-refractivity contribution is -0.174. The van der Waals surface area contributed by atoms with Gasteiger partial charge in [0, 0.05) is 11.2 Å². The van der Waals surface area contributed by atoms with E-state index in [0.717, 1.165) is 11.1 Å². The monoisotopic (exact) mass is 310 g/mol. The van der Waals surface area contributed by atoms with Crippen LogP contribution in [0.2, 0.25) is 0 Å². The molecule has 0 heterocycles. The van der Waals surface area contributed by atoms with Crippen LogP contribution in [0.4, 0.5) is 13.2 Å². The number of rotatable bonds is 5. The van der Waals surface area contributed by atoms with Crippen LogP contribution in [0, 0.1) is 6.92 Å². The van der Waals surface area contributed by atoms with Crippen molar-refractivity contribution in [3.8, 4) is 0 Å². The maximum absolute atomic E-state index is 11.9. The molecule has 1 unspecified atom stereocenters. The summed E-state index contributed by atoms with van der Waals surface area (Å²) in [7, 11) is 0. The molecule has 96 valence electrons. The molecule has 0 aliphatic carbocycles. The molecule has 0 N–H and O–H groups in total. The molecule has 1 atom stereocenters. The number of benzene rings is 1. The highest BCUT2D eigenvalue weighted by Gasteiger charge is 2.28. The molecular weight excluding hydrogens is 297 g/mol. The van der Waals surface area contributed by atoms with Crippen LogP contribution in [0.15, 0.2) is 24.3 Å². The van der Waals surface area contributed by atoms with E-state index in [-0.39, 0.29) is 12.5 Å². The summed E-state index contributed by atoms with van der Waals surface area (Å²) in [6, 6.07) is 7.70. The van der Waals surface area contributed by atoms with Crippen LogP contribution in [0.25, 0.3) is 0 Å². The SMILES string of the molecule is Cc1cccc(C(CBr)COCC(F)(F)F)c1. The molecule has 1 aromatic rings. The molecular formula is C12H14BrF3O. The molecule has 0 amide bonds. The van der Waals surface area contributed by atoms with Crippen molar-refractivity contribution < 1.29 is 17.9 Å². The molecule has 0 radical (unpaired) electrons. The molecule has 1 rings (SSSR count). The fourth-order valence-corrected chi connectivity index (χ4v) is 2.03. The Balaban J connectivity index is 2.54. The first-order valence-electron chi connectivity index (χ1n) is 5.19. The maximum Gasteiger partial charge on any atom is 0.411 e. The largest absolute Gasteiger partial charge is 0.411 e. The van der Waals surface area contributed by atoms with Gasteiger partial charge in [0.15, 0.2) is 0 Å². The Morgan fingerprint density at radius 1 is 1.35 bits per heavy atom. The number of halogens is 4. The molecule has 1 nitrogen and oxygen atoms in total. The predicted octanol–water partition coefficient (Wildman–Crippen LogP) is 4.05. The molecule has 0 fully saturated rings. The highest BCUT2D eigenvalue weighted by atomic mass is 79.9. The van der Waals surface area contributed by atoms with E-state index in [0.29, 0.717) is 5.33 Å². The normalized spacial score (nSPS) is 13.7. The minimum absolute atomic E-state index is 0.0581. The van der Waals surface area contributed by atoms with Crippen molar-refractivity contribution >= 4 is 15.9 Å². The lowest BCUT2D eigenvalue weighted by Crippen LogP contribution is -2.20. The minimum atomic E-state index is -4.26. The van der Waals surface area contributed by atoms with E-state index >= 15 is 0 Å². The lowest BCUT2D eigenvalue weighted by Gasteiger charge is -2.16. The summed E-state index contributed by atoms with van der Waals surface area (Å²) in [4.78, 5) is 0. The third-order valence-corrected chi connectivity index (χ3v) is 3.07. The van der Waals surface area contributed by atoms with E-state index in [4.69, 9.17) is 4.74 Å². The second-order valence-corrected chi connectivity index (χ2v) is 4.54. The van der Waals surface area contributed by atoms with E-state index in [1.54, 1.807) is 0 Å². The predicted molar refractivity (Wildman–Crippen MR) is 64.6 cm³/mol. The summed E-state index contributed by atoms with van der Waals surface area (Å²) >= 11 is 3.30. The zero-order valence-electron chi connectivity index (χ0n) is 9.43. The number of aryl methyl sites for hydroxylation is 1. The third-order valence-electron chi connectivity index (χ3n) is 2.28. The van der Waals surface area contributed by atoms with Gasteiger partial charge in [-0.25, -0.2) is 0 Å². The zero-order valence-corrected chi connectivity index (χ0v) is 11.0. The molecule has 0 spiro atoms. The molecule has 0 aliphatic heterocycles. The van der Waals surface area contributed by atoms with Gasteiger partial charge in [0.25, 0.3) is 0 Å². The Labute approximate surface area is 107 Å². The summed E-state index contributed by atoms with van der Waals surface area (Å²) in [5.74, 6) is -0.0581. The number of ether oxygens (including phenoxy) is 1. The molecule has 0 saturated carbocycles. The second-order valence-electron chi connectivity index (χ2n) is 3.90. The van der Waals surface area contributed by atoms with Gasteiger partial charge >= 0.3 is 6.18 Å². The van der Waals surface area contributed by atoms with E-state index in [2.05, 4.69) is 15.9 Å². The fraction of sp³-hybridized carbons (Fsp3) is 0.500. The van der Waals surface area contributed by atoms with Crippen molar-refractivity contribution in [2.45, 2.75) is 19.0 Å². The van der Waals surface area contributed by atoms with Crippen molar-refractivity contribution in [2.24, 2.45) is 0 Å². The number of alkyl halides is 4. The van der Waals surface area contributed by atoms with Crippen LogP contribution in [-0.2, 0) is 4.74 Å². The van der Waals surface area contributed by atoms with Crippen molar-refractivity contribution in [3.05, 3.63) is 35.4 Å². The van der Waals surface area contributed by atoms with Crippen LogP contribution >= 0.6 is 15.9 Å². The van der Waals surface area contributed by atoms with Crippen molar-refractivity contribution in [1.29, 1.82) is 0 Å². The Hall–Kier alpha value is -0.550. The molecule has 17 heavy (non-hydrogen) atoms. The van der Waals surface area contributed by atoms with Crippen molar-refractivity contribution in [1.82, 2.24) is 0 Å². The highest BCUT2D eigenvalue weighted by molar-refractivity contribution is 9.09. The lowest BCUT2D eigenvalue weighted by atomic mass is 10.0. The van der Waals surface area contributed by atoms with Gasteiger partial charge < -0.3 is 4.74 Å². The van der Waals surface area contributed by atoms with Crippen molar-refractivity contribution in [2.75, 3.05) is 18.5 Å². The average Bonchev–Trinajstić information content (AvgIpc) is 2.23. The minimum Gasteiger partial charge on any atom is -0.371 e. The summed E-state index contributed by atoms with van der Waals surface area (Å²) in [6.07, 6.45) is -4.26. The van der Waals surface area contributed by atoms with Crippen LogP contribution < -0.4 is 0 Å². The Kier molecular flexibility index (Phi) is 5.46. The Morgan fingerprint density at radius 3 is 2.59 bits per heavy atom. The summed E-state index contributed by atoms with van der Waals surface area (Å²) in [5.41, 5.74) is 2.08. The molecule has 0 bridgehead atoms. The van der Waals surface area contributed by atoms with Crippen LogP contribution in [0.3, 0.4) is 0 Å². The van der Waals surface area contributed by atoms with Gasteiger partial charge in [0.05, 0.1) is 6.61 Å². The van der Waals surface area contributed by atoms with Gasteiger partial charge in [-0.2, -0.15) is 13.2 Å². The van der Waals surface area contributed by atoms with E-state index < -0.39 is 12.8 Å². The van der Waals surface area contributed by atoms with Crippen molar-refractivity contribution in [3.63, 3.8) is 0 Å². The topological polar surface area (TPSA) is 9.23 Å². The number of hydrogen-bond donors (Lipinski definition) is 0. The first kappa shape index (κ1) is 14.5. The molecule has 5 heteroatoms. The number of hydrogen-bond acceptors (Lipinski definition) is 1. The average molecular weight is 311 g/mol. The van der Waals surface area contributed by atoms with Gasteiger partial charge in [-0.3, -0.25) is 0 Å². The van der Waals surface area contributed by atoms with E-state index in [1.165, 1.54) is 0 Å². The third kappa shape index (κ3) is 5.55. The fourth-order valence-electron chi connectivity index (χ4n) is 1.47. The summed E-state index contributed by atoms with van der Waals surface area (Å²) < 4.78 is 40.5. The second kappa shape index (κ2) is 6.40. The van der Waals surface area contributed by atoms with Gasteiger partial charge in [0.1, 0.15) is 6.61 Å². The summed E-state index contributed by atoms with van der Waals surface area (Å²) in [5, 5.41) is 0.578. The van der Waals surface area contributed by atoms with Gasteiger partial charge in [0.2, 0.25) is 0 Å². The Morgan fingerprint density at radius 2 is 2.06 bits per heavy atom. The first-order chi connectivity index (χ1) is 7.92. The zero-order chi connectivity index (χ0) is 12.9. The first-order valence-corrected chi connectivity index (χ1v) is 6.31. The highest BCUT2D eigenvalue weighted by Crippen LogP contribution is 2.21. The Bertz CT molecular complexity index is 352. The van der Waals surface area contributed by atoms with E-state index in [1.807, 2.05) is 31.2 Å². The van der Waals surface area contributed by atoms with Crippen LogP contribution in [0.5, 0.6) is 0 Å². The van der Waals surface area contributed by atoms with Gasteiger partial charge in [-0.15, -0.1) is 0 Å². The van der Waals surface area contributed by atoms with Gasteiger partial charge in [-0.05, 0) is 12.5 Å². The molecule has 0 aliphatic rings. The quantitative estimate of drug-likeness (QED) is 0.745. The van der Waals surface area contributed by atoms with Crippen LogP contribution in [0.1, 0.15) is 17.0 Å². The molecule has 0 aromatic heterocycles. The standard InChI is InChI=1S/C12H14BrF3O/c1-9-3-2-4-10(5-9)11(6-13)7-17-8-12(14,15)16/h2-5,11H,6-8H2,1H3. The smallest absolute Gasteiger partial charge is 0.371 e. The molecule has 1 aromatic carbocycles. The molecule has 0 saturated heterocycles. The maximum atomic E-state index is 11.9. The van der Waals surface area contributed by atoms with Crippen LogP contribution in [-0.4, -0.2) is 24.7 Å². The summed E-state index contributed by atoms with van der Waals surface area (Å²) in [6.45, 7) is 0.821. The van der Waals surface area contributed by atoms with E-state index in [9.17, 15) is 13.2 Å². The van der Waals surface area contributed by atoms with Gasteiger partial charge in [-0.1, -0.05) is 45.8 Å².